The third kappa shape index (κ3) is 3.57. The second-order valence-electron chi connectivity index (χ2n) is 8.82. The second kappa shape index (κ2) is 8.48. The smallest absolute Gasteiger partial charge is 0.418 e. The number of likely N-dealkylation sites (tertiary alicyclic amines) is 1. The van der Waals surface area contributed by atoms with Gasteiger partial charge >= 0.3 is 12.1 Å². The number of imide groups is 1. The molecule has 0 bridgehead atoms. The van der Waals surface area contributed by atoms with E-state index in [9.17, 15) is 19.2 Å². The van der Waals surface area contributed by atoms with Crippen LogP contribution in [0.4, 0.5) is 15.3 Å². The molecule has 0 radical (unpaired) electrons. The number of amides is 5. The summed E-state index contributed by atoms with van der Waals surface area (Å²) in [5.41, 5.74) is 1.65. The van der Waals surface area contributed by atoms with E-state index in [4.69, 9.17) is 4.74 Å². The van der Waals surface area contributed by atoms with Gasteiger partial charge in [-0.1, -0.05) is 36.4 Å². The fourth-order valence-electron chi connectivity index (χ4n) is 5.24. The van der Waals surface area contributed by atoms with Crippen LogP contribution in [0.3, 0.4) is 0 Å². The van der Waals surface area contributed by atoms with Gasteiger partial charge < -0.3 is 20.3 Å². The molecule has 9 heteroatoms. The number of hydrogen-bond acceptors (Lipinski definition) is 5. The highest BCUT2D eigenvalue weighted by Crippen LogP contribution is 2.46. The van der Waals surface area contributed by atoms with Gasteiger partial charge in [0.1, 0.15) is 6.54 Å². The van der Waals surface area contributed by atoms with Gasteiger partial charge in [0.2, 0.25) is 11.5 Å². The van der Waals surface area contributed by atoms with Gasteiger partial charge in [0.05, 0.1) is 6.04 Å². The maximum Gasteiger partial charge on any atom is 0.418 e. The molecule has 2 aromatic carbocycles. The van der Waals surface area contributed by atoms with Crippen molar-refractivity contribution in [2.45, 2.75) is 37.3 Å². The van der Waals surface area contributed by atoms with Crippen LogP contribution in [0.1, 0.15) is 42.0 Å². The lowest BCUT2D eigenvalue weighted by Crippen LogP contribution is -2.44. The first-order chi connectivity index (χ1) is 16.4. The Morgan fingerprint density at radius 2 is 1.94 bits per heavy atom. The minimum atomic E-state index is -1.41. The number of ether oxygens (including phenoxy) is 1. The normalized spacial score (nSPS) is 23.3. The number of fused-ring (bicyclic) bond motifs is 2. The SMILES string of the molecule is CNC(=O)Nc1ccc2c(c1)CC[C@]21OC(=O)N(CC(=O)N2CCC[C@@H]2c2ccccc2)C1=O. The maximum absolute atomic E-state index is 13.4. The Bertz CT molecular complexity index is 1170. The number of carbonyl (C=O) groups excluding carboxylic acids is 4. The molecule has 176 valence electrons. The highest BCUT2D eigenvalue weighted by atomic mass is 16.6. The van der Waals surface area contributed by atoms with Crippen molar-refractivity contribution in [3.05, 3.63) is 65.2 Å². The van der Waals surface area contributed by atoms with Gasteiger partial charge in [-0.25, -0.2) is 14.5 Å². The molecule has 2 N–H and O–H groups in total. The predicted octanol–water partition coefficient (Wildman–Crippen LogP) is 2.92. The standard InChI is InChI=1S/C25H26N4O5/c1-26-23(32)27-18-9-10-19-17(14-18)11-12-25(19)22(31)29(24(33)34-25)15-21(30)28-13-5-8-20(28)16-6-3-2-4-7-16/h2-4,6-7,9-10,14,20H,5,8,11-13,15H2,1H3,(H2,26,27,32)/t20-,25+/m1/s1. The largest absolute Gasteiger partial charge is 0.427 e. The average Bonchev–Trinajstić information content (AvgIpc) is 3.53. The van der Waals surface area contributed by atoms with Crippen LogP contribution >= 0.6 is 0 Å². The first kappa shape index (κ1) is 21.9. The minimum Gasteiger partial charge on any atom is -0.427 e. The van der Waals surface area contributed by atoms with Crippen molar-refractivity contribution in [2.24, 2.45) is 0 Å². The Morgan fingerprint density at radius 3 is 2.71 bits per heavy atom. The van der Waals surface area contributed by atoms with E-state index in [2.05, 4.69) is 10.6 Å². The molecule has 2 heterocycles. The van der Waals surface area contributed by atoms with Gasteiger partial charge in [-0.2, -0.15) is 0 Å². The van der Waals surface area contributed by atoms with Gasteiger partial charge in [0.25, 0.3) is 5.91 Å². The van der Waals surface area contributed by atoms with Crippen molar-refractivity contribution in [3.8, 4) is 0 Å². The Labute approximate surface area is 197 Å². The number of nitrogens with one attached hydrogen (secondary N) is 2. The number of benzene rings is 2. The maximum atomic E-state index is 13.4. The van der Waals surface area contributed by atoms with Crippen molar-refractivity contribution in [1.82, 2.24) is 15.1 Å². The molecule has 0 aromatic heterocycles. The van der Waals surface area contributed by atoms with Crippen LogP contribution in [-0.4, -0.2) is 53.9 Å². The van der Waals surface area contributed by atoms with E-state index in [1.807, 2.05) is 30.3 Å². The fourth-order valence-corrected chi connectivity index (χ4v) is 5.24. The zero-order valence-electron chi connectivity index (χ0n) is 18.9. The summed E-state index contributed by atoms with van der Waals surface area (Å²) in [6.07, 6.45) is 1.74. The topological polar surface area (TPSA) is 108 Å². The highest BCUT2D eigenvalue weighted by Gasteiger charge is 2.58. The predicted molar refractivity (Wildman–Crippen MR) is 123 cm³/mol. The molecule has 9 nitrogen and oxygen atoms in total. The van der Waals surface area contributed by atoms with Gasteiger partial charge in [-0.05, 0) is 42.5 Å². The molecule has 5 rings (SSSR count). The summed E-state index contributed by atoms with van der Waals surface area (Å²) in [5.74, 6) is -0.774. The van der Waals surface area contributed by atoms with Crippen LogP contribution in [0.25, 0.3) is 0 Å². The molecule has 2 atom stereocenters. The van der Waals surface area contributed by atoms with E-state index in [1.165, 1.54) is 7.05 Å². The summed E-state index contributed by atoms with van der Waals surface area (Å²) in [6.45, 7) is 0.249. The third-order valence-corrected chi connectivity index (χ3v) is 6.90. The summed E-state index contributed by atoms with van der Waals surface area (Å²) in [5, 5.41) is 5.19. The molecule has 3 aliphatic rings. The van der Waals surface area contributed by atoms with E-state index < -0.39 is 17.6 Å². The molecule has 0 saturated carbocycles. The van der Waals surface area contributed by atoms with Gasteiger partial charge in [-0.3, -0.25) is 9.59 Å². The molecule has 1 spiro atoms. The zero-order valence-corrected chi connectivity index (χ0v) is 18.9. The van der Waals surface area contributed by atoms with E-state index in [-0.39, 0.29) is 24.5 Å². The van der Waals surface area contributed by atoms with E-state index in [0.29, 0.717) is 30.6 Å². The fraction of sp³-hybridized carbons (Fsp3) is 0.360. The number of carbonyl (C=O) groups is 4. The summed E-state index contributed by atoms with van der Waals surface area (Å²) < 4.78 is 5.65. The van der Waals surface area contributed by atoms with Crippen LogP contribution < -0.4 is 10.6 Å². The van der Waals surface area contributed by atoms with Crippen molar-refractivity contribution < 1.29 is 23.9 Å². The van der Waals surface area contributed by atoms with Crippen molar-refractivity contribution >= 4 is 29.6 Å². The monoisotopic (exact) mass is 462 g/mol. The van der Waals surface area contributed by atoms with Crippen LogP contribution in [-0.2, 0) is 26.3 Å². The minimum absolute atomic E-state index is 0.0603. The molecular weight excluding hydrogens is 436 g/mol. The first-order valence-corrected chi connectivity index (χ1v) is 11.4. The van der Waals surface area contributed by atoms with Crippen molar-refractivity contribution in [3.63, 3.8) is 0 Å². The zero-order chi connectivity index (χ0) is 23.9. The number of hydrogen-bond donors (Lipinski definition) is 2. The van der Waals surface area contributed by atoms with Gasteiger partial charge in [0.15, 0.2) is 0 Å². The lowest BCUT2D eigenvalue weighted by Gasteiger charge is -2.26. The Kier molecular flexibility index (Phi) is 5.47. The summed E-state index contributed by atoms with van der Waals surface area (Å²) in [6, 6.07) is 14.5. The number of aryl methyl sites for hydroxylation is 1. The lowest BCUT2D eigenvalue weighted by molar-refractivity contribution is -0.142. The summed E-state index contributed by atoms with van der Waals surface area (Å²) >= 11 is 0. The Morgan fingerprint density at radius 1 is 1.15 bits per heavy atom. The molecular formula is C25H26N4O5. The second-order valence-corrected chi connectivity index (χ2v) is 8.82. The molecule has 2 aliphatic heterocycles. The molecule has 2 fully saturated rings. The van der Waals surface area contributed by atoms with Crippen molar-refractivity contribution in [2.75, 3.05) is 25.5 Å². The molecule has 2 aromatic rings. The van der Waals surface area contributed by atoms with E-state index >= 15 is 0 Å². The number of nitrogens with zero attached hydrogens (tertiary/aromatic N) is 2. The third-order valence-electron chi connectivity index (χ3n) is 6.90. The van der Waals surface area contributed by atoms with Crippen LogP contribution in [0.2, 0.25) is 0 Å². The molecule has 2 saturated heterocycles. The Hall–Kier alpha value is -3.88. The molecule has 1 aliphatic carbocycles. The number of anilines is 1. The van der Waals surface area contributed by atoms with Gasteiger partial charge in [-0.15, -0.1) is 0 Å². The van der Waals surface area contributed by atoms with E-state index in [0.717, 1.165) is 28.9 Å². The number of urea groups is 1. The van der Waals surface area contributed by atoms with Crippen LogP contribution in [0.15, 0.2) is 48.5 Å². The molecule has 0 unspecified atom stereocenters. The van der Waals surface area contributed by atoms with Crippen LogP contribution in [0, 0.1) is 0 Å². The summed E-state index contributed by atoms with van der Waals surface area (Å²) in [4.78, 5) is 53.7. The Balaban J connectivity index is 1.34. The average molecular weight is 463 g/mol. The quantitative estimate of drug-likeness (QED) is 0.726. The first-order valence-electron chi connectivity index (χ1n) is 11.4. The molecule has 5 amide bonds. The highest BCUT2D eigenvalue weighted by molar-refractivity contribution is 6.06. The van der Waals surface area contributed by atoms with Crippen molar-refractivity contribution in [1.29, 1.82) is 0 Å². The van der Waals surface area contributed by atoms with E-state index in [1.54, 1.807) is 23.1 Å². The van der Waals surface area contributed by atoms with Gasteiger partial charge in [0, 0.05) is 31.3 Å². The number of rotatable bonds is 4. The molecule has 34 heavy (non-hydrogen) atoms. The summed E-state index contributed by atoms with van der Waals surface area (Å²) in [7, 11) is 1.52. The van der Waals surface area contributed by atoms with Crippen LogP contribution in [0.5, 0.6) is 0 Å². The lowest BCUT2D eigenvalue weighted by atomic mass is 9.94.